The topological polar surface area (TPSA) is 3.24 Å². The van der Waals surface area contributed by atoms with E-state index in [2.05, 4.69) is 58.9 Å². The third-order valence-electron chi connectivity index (χ3n) is 6.21. The Morgan fingerprint density at radius 3 is 2.38 bits per heavy atom. The lowest BCUT2D eigenvalue weighted by Crippen LogP contribution is -2.33. The van der Waals surface area contributed by atoms with Gasteiger partial charge in [-0.2, -0.15) is 0 Å². The summed E-state index contributed by atoms with van der Waals surface area (Å²) in [5.41, 5.74) is 1.71. The minimum absolute atomic E-state index is 0.403. The molecule has 0 aromatic rings. The van der Waals surface area contributed by atoms with Gasteiger partial charge in [0.2, 0.25) is 0 Å². The predicted octanol–water partition coefficient (Wildman–Crippen LogP) is 6.85. The quantitative estimate of drug-likeness (QED) is 0.374. The van der Waals surface area contributed by atoms with Gasteiger partial charge in [-0.25, -0.2) is 0 Å². The largest absolute Gasteiger partial charge is 0.300 e. The fourth-order valence-electron chi connectivity index (χ4n) is 3.90. The van der Waals surface area contributed by atoms with E-state index in [4.69, 9.17) is 0 Å². The maximum Gasteiger partial charge on any atom is 0.0272 e. The van der Waals surface area contributed by atoms with Gasteiger partial charge in [0.25, 0.3) is 0 Å². The van der Waals surface area contributed by atoms with Crippen LogP contribution in [-0.4, -0.2) is 24.5 Å². The van der Waals surface area contributed by atoms with E-state index in [-0.39, 0.29) is 0 Å². The Labute approximate surface area is 152 Å². The maximum absolute atomic E-state index is 4.11. The third-order valence-corrected chi connectivity index (χ3v) is 6.21. The number of hydrogen-bond donors (Lipinski definition) is 0. The molecule has 1 rings (SSSR count). The van der Waals surface area contributed by atoms with Crippen molar-refractivity contribution in [2.24, 2.45) is 17.3 Å². The molecular formula is C23H43N. The molecule has 0 aromatic heterocycles. The van der Waals surface area contributed by atoms with Gasteiger partial charge < -0.3 is 0 Å². The average Bonchev–Trinajstić information content (AvgIpc) is 2.53. The summed E-state index contributed by atoms with van der Waals surface area (Å²) in [5.74, 6) is 1.92. The van der Waals surface area contributed by atoms with Crippen LogP contribution in [0.25, 0.3) is 0 Å². The van der Waals surface area contributed by atoms with Gasteiger partial charge in [0.05, 0.1) is 0 Å². The van der Waals surface area contributed by atoms with E-state index < -0.39 is 0 Å². The summed E-state index contributed by atoms with van der Waals surface area (Å²) >= 11 is 0. The Bertz CT molecular complexity index is 373. The lowest BCUT2D eigenvalue weighted by molar-refractivity contribution is 0.196. The molecule has 1 heteroatoms. The number of allylic oxidation sites excluding steroid dienone is 1. The number of nitrogens with zero attached hydrogens (tertiary/aromatic N) is 1. The summed E-state index contributed by atoms with van der Waals surface area (Å²) in [5, 5.41) is 0. The summed E-state index contributed by atoms with van der Waals surface area (Å²) in [6.45, 7) is 18.7. The molecule has 0 heterocycles. The normalized spacial score (nSPS) is 23.2. The summed E-state index contributed by atoms with van der Waals surface area (Å²) < 4.78 is 0. The zero-order valence-electron chi connectivity index (χ0n) is 17.2. The molecule has 1 saturated carbocycles. The van der Waals surface area contributed by atoms with Gasteiger partial charge in [0, 0.05) is 6.04 Å². The van der Waals surface area contributed by atoms with Crippen LogP contribution in [-0.2, 0) is 0 Å². The van der Waals surface area contributed by atoms with Gasteiger partial charge in [0.1, 0.15) is 0 Å². The van der Waals surface area contributed by atoms with Crippen LogP contribution in [0.4, 0.5) is 0 Å². The Hall–Kier alpha value is -0.560. The van der Waals surface area contributed by atoms with Crippen molar-refractivity contribution in [2.75, 3.05) is 13.6 Å². The molecule has 0 radical (unpaired) electrons. The molecule has 1 atom stereocenters. The monoisotopic (exact) mass is 333 g/mol. The standard InChI is InChI=1S/C23H43N/c1-8-22(14-17-23(5,6)16-13-19(2)3)24(7)18-15-21-11-9-20(4)10-12-21/h8,20-22H,1-2,9-18H2,3-7H3. The van der Waals surface area contributed by atoms with Gasteiger partial charge in [-0.1, -0.05) is 58.1 Å². The summed E-state index contributed by atoms with van der Waals surface area (Å²) in [6.07, 6.45) is 14.2. The Morgan fingerprint density at radius 1 is 1.21 bits per heavy atom. The van der Waals surface area contributed by atoms with Crippen molar-refractivity contribution >= 4 is 0 Å². The molecule has 0 amide bonds. The van der Waals surface area contributed by atoms with E-state index in [1.165, 1.54) is 63.5 Å². The summed E-state index contributed by atoms with van der Waals surface area (Å²) in [4.78, 5) is 2.54. The van der Waals surface area contributed by atoms with Crippen molar-refractivity contribution in [3.8, 4) is 0 Å². The lowest BCUT2D eigenvalue weighted by Gasteiger charge is -2.32. The first-order valence-electron chi connectivity index (χ1n) is 10.2. The Balaban J connectivity index is 2.33. The van der Waals surface area contributed by atoms with E-state index in [0.717, 1.165) is 18.3 Å². The highest BCUT2D eigenvalue weighted by molar-refractivity contribution is 4.92. The zero-order chi connectivity index (χ0) is 18.2. The van der Waals surface area contributed by atoms with Gasteiger partial charge in [0.15, 0.2) is 0 Å². The van der Waals surface area contributed by atoms with Crippen LogP contribution in [0.1, 0.15) is 85.5 Å². The SMILES string of the molecule is C=CC(CCC(C)(C)CCC(=C)C)N(C)CCC1CCC(C)CC1. The molecule has 1 fully saturated rings. The van der Waals surface area contributed by atoms with Crippen LogP contribution in [0, 0.1) is 17.3 Å². The highest BCUT2D eigenvalue weighted by Crippen LogP contribution is 2.32. The van der Waals surface area contributed by atoms with E-state index >= 15 is 0 Å². The predicted molar refractivity (Wildman–Crippen MR) is 109 cm³/mol. The smallest absolute Gasteiger partial charge is 0.0272 e. The summed E-state index contributed by atoms with van der Waals surface area (Å²) in [7, 11) is 2.29. The Kier molecular flexibility index (Phi) is 9.34. The fraction of sp³-hybridized carbons (Fsp3) is 0.826. The minimum atomic E-state index is 0.403. The number of likely N-dealkylation sites (N-methyl/N-ethyl adjacent to an activating group) is 1. The molecule has 140 valence electrons. The van der Waals surface area contributed by atoms with Crippen LogP contribution in [0.2, 0.25) is 0 Å². The zero-order valence-corrected chi connectivity index (χ0v) is 17.2. The molecule has 0 N–H and O–H groups in total. The molecule has 1 aliphatic rings. The first-order valence-corrected chi connectivity index (χ1v) is 10.2. The second-order valence-electron chi connectivity index (χ2n) is 9.36. The molecule has 1 nitrogen and oxygen atoms in total. The van der Waals surface area contributed by atoms with E-state index in [1.54, 1.807) is 0 Å². The molecule has 0 aromatic carbocycles. The Morgan fingerprint density at radius 2 is 1.83 bits per heavy atom. The van der Waals surface area contributed by atoms with E-state index in [9.17, 15) is 0 Å². The average molecular weight is 334 g/mol. The number of rotatable bonds is 11. The van der Waals surface area contributed by atoms with Crippen LogP contribution in [0.5, 0.6) is 0 Å². The first kappa shape index (κ1) is 21.5. The van der Waals surface area contributed by atoms with E-state index in [0.29, 0.717) is 11.5 Å². The van der Waals surface area contributed by atoms with Crippen molar-refractivity contribution in [3.63, 3.8) is 0 Å². The summed E-state index contributed by atoms with van der Waals surface area (Å²) in [6, 6.07) is 0.525. The first-order chi connectivity index (χ1) is 11.2. The van der Waals surface area contributed by atoms with E-state index in [1.807, 2.05) is 0 Å². The fourth-order valence-corrected chi connectivity index (χ4v) is 3.90. The molecule has 1 aliphatic carbocycles. The van der Waals surface area contributed by atoms with Crippen LogP contribution in [0.15, 0.2) is 24.8 Å². The van der Waals surface area contributed by atoms with Crippen LogP contribution in [0.3, 0.4) is 0 Å². The van der Waals surface area contributed by atoms with Crippen molar-refractivity contribution in [3.05, 3.63) is 24.8 Å². The van der Waals surface area contributed by atoms with Gasteiger partial charge >= 0.3 is 0 Å². The third kappa shape index (κ3) is 8.51. The second-order valence-corrected chi connectivity index (χ2v) is 9.36. The van der Waals surface area contributed by atoms with Crippen LogP contribution >= 0.6 is 0 Å². The highest BCUT2D eigenvalue weighted by atomic mass is 15.1. The molecule has 1 unspecified atom stereocenters. The maximum atomic E-state index is 4.11. The molecule has 0 spiro atoms. The second kappa shape index (κ2) is 10.4. The lowest BCUT2D eigenvalue weighted by atomic mass is 9.80. The van der Waals surface area contributed by atoms with Crippen molar-refractivity contribution < 1.29 is 0 Å². The van der Waals surface area contributed by atoms with Crippen molar-refractivity contribution in [1.29, 1.82) is 0 Å². The van der Waals surface area contributed by atoms with Crippen molar-refractivity contribution in [2.45, 2.75) is 91.5 Å². The highest BCUT2D eigenvalue weighted by Gasteiger charge is 2.22. The molecule has 0 saturated heterocycles. The molecule has 24 heavy (non-hydrogen) atoms. The molecule has 0 aliphatic heterocycles. The number of hydrogen-bond acceptors (Lipinski definition) is 1. The molecule has 0 bridgehead atoms. The van der Waals surface area contributed by atoms with Gasteiger partial charge in [-0.05, 0) is 69.9 Å². The van der Waals surface area contributed by atoms with Crippen LogP contribution < -0.4 is 0 Å². The molecular weight excluding hydrogens is 290 g/mol. The van der Waals surface area contributed by atoms with Crippen molar-refractivity contribution in [1.82, 2.24) is 4.90 Å². The minimum Gasteiger partial charge on any atom is -0.300 e. The van der Waals surface area contributed by atoms with Gasteiger partial charge in [-0.3, -0.25) is 4.90 Å². The van der Waals surface area contributed by atoms with Gasteiger partial charge in [-0.15, -0.1) is 13.2 Å².